The van der Waals surface area contributed by atoms with Crippen LogP contribution in [-0.4, -0.2) is 30.2 Å². The number of carbonyl (C=O) groups excluding carboxylic acids is 1. The van der Waals surface area contributed by atoms with Gasteiger partial charge >= 0.3 is 0 Å². The van der Waals surface area contributed by atoms with Crippen LogP contribution in [0.4, 0.5) is 5.69 Å². The number of nitrogens with two attached hydrogens (primary N) is 1. The summed E-state index contributed by atoms with van der Waals surface area (Å²) in [6, 6.07) is 10.7. The fourth-order valence-corrected chi connectivity index (χ4v) is 2.78. The molecular weight excluding hydrogens is 328 g/mol. The molecule has 2 heterocycles. The highest BCUT2D eigenvalue weighted by Gasteiger charge is 2.33. The van der Waals surface area contributed by atoms with Crippen LogP contribution in [0.1, 0.15) is 23.0 Å². The fourth-order valence-electron chi connectivity index (χ4n) is 2.67. The molecule has 6 nitrogen and oxygen atoms in total. The van der Waals surface area contributed by atoms with Gasteiger partial charge in [0.05, 0.1) is 5.02 Å². The number of nitrogens with one attached hydrogen (secondary N) is 2. The predicted molar refractivity (Wildman–Crippen MR) is 92.9 cm³/mol. The number of ether oxygens (including phenoxy) is 1. The van der Waals surface area contributed by atoms with Gasteiger partial charge in [-0.3, -0.25) is 4.79 Å². The number of hydrogen-bond donors (Lipinski definition) is 3. The smallest absolute Gasteiger partial charge is 0.274 e. The van der Waals surface area contributed by atoms with Crippen LogP contribution in [0.2, 0.25) is 5.02 Å². The van der Waals surface area contributed by atoms with Gasteiger partial charge in [-0.05, 0) is 36.8 Å². The summed E-state index contributed by atoms with van der Waals surface area (Å²) in [6.07, 6.45) is 1.08. The number of morpholine rings is 1. The Balaban J connectivity index is 1.78. The molecule has 126 valence electrons. The van der Waals surface area contributed by atoms with E-state index in [9.17, 15) is 4.79 Å². The Morgan fingerprint density at radius 1 is 1.46 bits per heavy atom. The molecule has 0 radical (unpaired) electrons. The molecule has 7 heteroatoms. The zero-order valence-electron chi connectivity index (χ0n) is 13.3. The normalized spacial score (nSPS) is 23.7. The molecule has 0 spiro atoms. The van der Waals surface area contributed by atoms with Gasteiger partial charge in [0.15, 0.2) is 0 Å². The minimum absolute atomic E-state index is 0.298. The van der Waals surface area contributed by atoms with Crippen molar-refractivity contribution >= 4 is 23.2 Å². The topological polar surface area (TPSA) is 89.3 Å². The average molecular weight is 347 g/mol. The first-order valence-corrected chi connectivity index (χ1v) is 8.02. The van der Waals surface area contributed by atoms with Gasteiger partial charge in [0.1, 0.15) is 17.5 Å². The van der Waals surface area contributed by atoms with E-state index in [4.69, 9.17) is 22.1 Å². The number of halogens is 1. The SMILES string of the molecule is CC1(c2cccc(NC(=O)c3ccc(Cl)cn3)c2)CNCC(N)O1. The van der Waals surface area contributed by atoms with Crippen LogP contribution in [0.3, 0.4) is 0 Å². The van der Waals surface area contributed by atoms with Gasteiger partial charge < -0.3 is 21.1 Å². The lowest BCUT2D eigenvalue weighted by Crippen LogP contribution is -2.53. The van der Waals surface area contributed by atoms with Gasteiger partial charge in [-0.2, -0.15) is 0 Å². The largest absolute Gasteiger partial charge is 0.350 e. The van der Waals surface area contributed by atoms with E-state index >= 15 is 0 Å². The van der Waals surface area contributed by atoms with Gasteiger partial charge in [-0.15, -0.1) is 0 Å². The number of rotatable bonds is 3. The Morgan fingerprint density at radius 2 is 2.29 bits per heavy atom. The summed E-state index contributed by atoms with van der Waals surface area (Å²) in [5, 5.41) is 6.57. The van der Waals surface area contributed by atoms with E-state index in [0.29, 0.717) is 29.5 Å². The molecular formula is C17H19ClN4O2. The van der Waals surface area contributed by atoms with Gasteiger partial charge in [-0.1, -0.05) is 23.7 Å². The van der Waals surface area contributed by atoms with Crippen molar-refractivity contribution in [2.75, 3.05) is 18.4 Å². The van der Waals surface area contributed by atoms with Crippen LogP contribution in [0.5, 0.6) is 0 Å². The minimum atomic E-state index is -0.545. The third-order valence-corrected chi connectivity index (χ3v) is 4.13. The van der Waals surface area contributed by atoms with Crippen LogP contribution in [0.25, 0.3) is 0 Å². The van der Waals surface area contributed by atoms with Crippen molar-refractivity contribution in [3.05, 3.63) is 58.9 Å². The number of hydrogen-bond acceptors (Lipinski definition) is 5. The second-order valence-electron chi connectivity index (χ2n) is 5.91. The van der Waals surface area contributed by atoms with Crippen molar-refractivity contribution in [2.24, 2.45) is 5.73 Å². The predicted octanol–water partition coefficient (Wildman–Crippen LogP) is 2.11. The summed E-state index contributed by atoms with van der Waals surface area (Å²) < 4.78 is 5.89. The summed E-state index contributed by atoms with van der Waals surface area (Å²) in [5.41, 5.74) is 7.24. The van der Waals surface area contributed by atoms with Crippen LogP contribution >= 0.6 is 11.6 Å². The maximum atomic E-state index is 12.3. The number of aromatic nitrogens is 1. The van der Waals surface area contributed by atoms with Crippen molar-refractivity contribution in [1.29, 1.82) is 0 Å². The molecule has 0 aliphatic carbocycles. The van der Waals surface area contributed by atoms with Gasteiger partial charge in [0.2, 0.25) is 0 Å². The highest BCUT2D eigenvalue weighted by Crippen LogP contribution is 2.29. The molecule has 4 N–H and O–H groups in total. The molecule has 24 heavy (non-hydrogen) atoms. The van der Waals surface area contributed by atoms with Crippen molar-refractivity contribution in [2.45, 2.75) is 18.8 Å². The van der Waals surface area contributed by atoms with Crippen molar-refractivity contribution in [1.82, 2.24) is 10.3 Å². The van der Waals surface area contributed by atoms with Crippen LogP contribution in [0, 0.1) is 0 Å². The Labute approximate surface area is 145 Å². The number of pyridine rings is 1. The molecule has 2 aromatic rings. The summed E-state index contributed by atoms with van der Waals surface area (Å²) in [7, 11) is 0. The zero-order chi connectivity index (χ0) is 17.2. The highest BCUT2D eigenvalue weighted by molar-refractivity contribution is 6.30. The molecule has 2 atom stereocenters. The Hall–Kier alpha value is -1.99. The Bertz CT molecular complexity index is 738. The van der Waals surface area contributed by atoms with E-state index < -0.39 is 5.60 Å². The number of benzene rings is 1. The van der Waals surface area contributed by atoms with E-state index in [1.54, 1.807) is 12.1 Å². The summed E-state index contributed by atoms with van der Waals surface area (Å²) in [5.74, 6) is -0.298. The van der Waals surface area contributed by atoms with Crippen LogP contribution in [-0.2, 0) is 10.3 Å². The summed E-state index contributed by atoms with van der Waals surface area (Å²) in [4.78, 5) is 16.3. The van der Waals surface area contributed by atoms with E-state index in [0.717, 1.165) is 5.56 Å². The first-order chi connectivity index (χ1) is 11.5. The monoisotopic (exact) mass is 346 g/mol. The summed E-state index contributed by atoms with van der Waals surface area (Å²) >= 11 is 5.79. The van der Waals surface area contributed by atoms with E-state index in [1.807, 2.05) is 31.2 Å². The van der Waals surface area contributed by atoms with E-state index in [1.165, 1.54) is 6.20 Å². The third-order valence-electron chi connectivity index (χ3n) is 3.91. The zero-order valence-corrected chi connectivity index (χ0v) is 14.0. The lowest BCUT2D eigenvalue weighted by molar-refractivity contribution is -0.107. The molecule has 2 unspecified atom stereocenters. The van der Waals surface area contributed by atoms with Gasteiger partial charge in [0.25, 0.3) is 5.91 Å². The molecule has 0 saturated carbocycles. The molecule has 1 fully saturated rings. The van der Waals surface area contributed by atoms with Crippen molar-refractivity contribution in [3.8, 4) is 0 Å². The number of nitrogens with zero attached hydrogens (tertiary/aromatic N) is 1. The third kappa shape index (κ3) is 3.73. The molecule has 1 amide bonds. The molecule has 0 bridgehead atoms. The molecule has 1 aromatic carbocycles. The van der Waals surface area contributed by atoms with Gasteiger partial charge in [-0.25, -0.2) is 4.98 Å². The second-order valence-corrected chi connectivity index (χ2v) is 6.35. The molecule has 1 saturated heterocycles. The fraction of sp³-hybridized carbons (Fsp3) is 0.294. The van der Waals surface area contributed by atoms with Crippen LogP contribution < -0.4 is 16.4 Å². The maximum absolute atomic E-state index is 12.3. The first-order valence-electron chi connectivity index (χ1n) is 7.64. The molecule has 1 aliphatic rings. The first kappa shape index (κ1) is 16.9. The lowest BCUT2D eigenvalue weighted by atomic mass is 9.94. The summed E-state index contributed by atoms with van der Waals surface area (Å²) in [6.45, 7) is 3.24. The minimum Gasteiger partial charge on any atom is -0.350 e. The average Bonchev–Trinajstić information content (AvgIpc) is 2.55. The second kappa shape index (κ2) is 6.86. The standard InChI is InChI=1S/C17H19ClN4O2/c1-17(10-20-9-15(19)24-17)11-3-2-4-13(7-11)22-16(23)14-6-5-12(18)8-21-14/h2-8,15,20H,9-10,19H2,1H3,(H,22,23). The Morgan fingerprint density at radius 3 is 3.00 bits per heavy atom. The molecule has 1 aliphatic heterocycles. The van der Waals surface area contributed by atoms with Crippen LogP contribution in [0.15, 0.2) is 42.6 Å². The number of anilines is 1. The number of amides is 1. The lowest BCUT2D eigenvalue weighted by Gasteiger charge is -2.38. The maximum Gasteiger partial charge on any atom is 0.274 e. The Kier molecular flexibility index (Phi) is 4.82. The van der Waals surface area contributed by atoms with Crippen molar-refractivity contribution in [3.63, 3.8) is 0 Å². The highest BCUT2D eigenvalue weighted by atomic mass is 35.5. The number of carbonyl (C=O) groups is 1. The van der Waals surface area contributed by atoms with E-state index in [2.05, 4.69) is 15.6 Å². The van der Waals surface area contributed by atoms with E-state index in [-0.39, 0.29) is 12.1 Å². The molecule has 3 rings (SSSR count). The molecule has 1 aromatic heterocycles. The quantitative estimate of drug-likeness (QED) is 0.792. The van der Waals surface area contributed by atoms with Gasteiger partial charge in [0, 0.05) is 25.0 Å². The van der Waals surface area contributed by atoms with Crippen molar-refractivity contribution < 1.29 is 9.53 Å².